The van der Waals surface area contributed by atoms with Crippen LogP contribution in [0.15, 0.2) is 29.4 Å². The molecular weight excluding hydrogens is 330 g/mol. The third kappa shape index (κ3) is 6.29. The molecule has 1 N–H and O–H groups in total. The average Bonchev–Trinajstić information content (AvgIpc) is 3.12. The molecule has 7 nitrogen and oxygen atoms in total. The first-order chi connectivity index (χ1) is 12.6. The molecule has 1 aromatic heterocycles. The Kier molecular flexibility index (Phi) is 8.34. The highest BCUT2D eigenvalue weighted by atomic mass is 16.5. The van der Waals surface area contributed by atoms with Gasteiger partial charge in [-0.05, 0) is 25.5 Å². The number of aromatic nitrogens is 1. The number of hydrogen-bond acceptors (Lipinski definition) is 4. The van der Waals surface area contributed by atoms with Gasteiger partial charge in [0.1, 0.15) is 6.54 Å². The van der Waals surface area contributed by atoms with Crippen molar-refractivity contribution < 1.29 is 9.53 Å². The predicted molar refractivity (Wildman–Crippen MR) is 103 cm³/mol. The quantitative estimate of drug-likeness (QED) is 0.553. The van der Waals surface area contributed by atoms with Gasteiger partial charge in [0.2, 0.25) is 5.91 Å². The minimum absolute atomic E-state index is 0.0176. The van der Waals surface area contributed by atoms with Crippen LogP contribution in [0.3, 0.4) is 0 Å². The van der Waals surface area contributed by atoms with Gasteiger partial charge in [-0.2, -0.15) is 0 Å². The molecule has 1 aromatic rings. The van der Waals surface area contributed by atoms with Crippen LogP contribution in [0.2, 0.25) is 0 Å². The van der Waals surface area contributed by atoms with Crippen molar-refractivity contribution in [3.8, 4) is 0 Å². The van der Waals surface area contributed by atoms with E-state index in [2.05, 4.69) is 20.2 Å². The maximum absolute atomic E-state index is 12.4. The summed E-state index contributed by atoms with van der Waals surface area (Å²) in [5, 5.41) is 3.29. The number of rotatable bonds is 8. The zero-order valence-corrected chi connectivity index (χ0v) is 16.1. The Hall–Kier alpha value is -2.15. The van der Waals surface area contributed by atoms with Gasteiger partial charge in [0.05, 0.1) is 6.61 Å². The largest absolute Gasteiger partial charge is 0.384 e. The topological polar surface area (TPSA) is 70.1 Å². The Labute approximate surface area is 156 Å². The Morgan fingerprint density at radius 2 is 2.35 bits per heavy atom. The molecule has 2 heterocycles. The lowest BCUT2D eigenvalue weighted by Gasteiger charge is -2.22. The van der Waals surface area contributed by atoms with Crippen molar-refractivity contribution in [3.05, 3.63) is 30.1 Å². The number of pyridine rings is 1. The first kappa shape index (κ1) is 20.2. The molecule has 1 aliphatic rings. The molecule has 26 heavy (non-hydrogen) atoms. The van der Waals surface area contributed by atoms with Gasteiger partial charge >= 0.3 is 0 Å². The van der Waals surface area contributed by atoms with Crippen LogP contribution in [0.1, 0.15) is 19.0 Å². The number of carbonyl (C=O) groups excluding carboxylic acids is 1. The summed E-state index contributed by atoms with van der Waals surface area (Å²) in [6, 6.07) is 5.83. The Morgan fingerprint density at radius 3 is 3.04 bits per heavy atom. The SMILES string of the molecule is CCNC(=NCC(=O)N(C)CCc1ccccn1)N1CCC(COC)C1. The number of carbonyl (C=O) groups is 1. The monoisotopic (exact) mass is 361 g/mol. The molecule has 144 valence electrons. The van der Waals surface area contributed by atoms with Gasteiger partial charge in [-0.15, -0.1) is 0 Å². The van der Waals surface area contributed by atoms with Crippen molar-refractivity contribution in [2.24, 2.45) is 10.9 Å². The van der Waals surface area contributed by atoms with Gasteiger partial charge in [0.15, 0.2) is 5.96 Å². The molecule has 1 amide bonds. The maximum atomic E-state index is 12.4. The van der Waals surface area contributed by atoms with Gasteiger partial charge in [-0.25, -0.2) is 4.99 Å². The number of amides is 1. The summed E-state index contributed by atoms with van der Waals surface area (Å²) < 4.78 is 5.25. The van der Waals surface area contributed by atoms with E-state index in [9.17, 15) is 4.79 Å². The van der Waals surface area contributed by atoms with Crippen LogP contribution in [0.4, 0.5) is 0 Å². The highest BCUT2D eigenvalue weighted by Gasteiger charge is 2.24. The summed E-state index contributed by atoms with van der Waals surface area (Å²) >= 11 is 0. The van der Waals surface area contributed by atoms with E-state index in [1.54, 1.807) is 18.2 Å². The van der Waals surface area contributed by atoms with Gasteiger partial charge in [-0.1, -0.05) is 6.07 Å². The third-order valence-electron chi connectivity index (χ3n) is 4.54. The van der Waals surface area contributed by atoms with Gasteiger partial charge < -0.3 is 19.9 Å². The molecule has 1 aliphatic heterocycles. The number of methoxy groups -OCH3 is 1. The van der Waals surface area contributed by atoms with E-state index in [-0.39, 0.29) is 12.5 Å². The summed E-state index contributed by atoms with van der Waals surface area (Å²) in [5.74, 6) is 1.36. The fourth-order valence-electron chi connectivity index (χ4n) is 3.04. The van der Waals surface area contributed by atoms with Gasteiger partial charge in [0.25, 0.3) is 0 Å². The van der Waals surface area contributed by atoms with E-state index in [0.29, 0.717) is 12.5 Å². The van der Waals surface area contributed by atoms with Crippen LogP contribution in [0, 0.1) is 5.92 Å². The molecule has 0 aromatic carbocycles. The maximum Gasteiger partial charge on any atom is 0.244 e. The molecule has 0 aliphatic carbocycles. The lowest BCUT2D eigenvalue weighted by Crippen LogP contribution is -2.41. The van der Waals surface area contributed by atoms with E-state index < -0.39 is 0 Å². The van der Waals surface area contributed by atoms with Crippen molar-refractivity contribution >= 4 is 11.9 Å². The highest BCUT2D eigenvalue weighted by molar-refractivity contribution is 5.85. The number of guanidine groups is 1. The minimum atomic E-state index is 0.0176. The van der Waals surface area contributed by atoms with Crippen molar-refractivity contribution in [1.82, 2.24) is 20.1 Å². The third-order valence-corrected chi connectivity index (χ3v) is 4.54. The van der Waals surface area contributed by atoms with E-state index >= 15 is 0 Å². The van der Waals surface area contributed by atoms with E-state index in [1.165, 1.54) is 0 Å². The molecule has 0 spiro atoms. The van der Waals surface area contributed by atoms with Crippen LogP contribution in [-0.2, 0) is 16.0 Å². The van der Waals surface area contributed by atoms with Crippen LogP contribution >= 0.6 is 0 Å². The zero-order chi connectivity index (χ0) is 18.8. The normalized spacial score (nSPS) is 17.4. The molecule has 7 heteroatoms. The summed E-state index contributed by atoms with van der Waals surface area (Å²) in [4.78, 5) is 25.2. The first-order valence-corrected chi connectivity index (χ1v) is 9.30. The molecule has 1 fully saturated rings. The molecular formula is C19H31N5O2. The predicted octanol–water partition coefficient (Wildman–Crippen LogP) is 1.02. The number of likely N-dealkylation sites (tertiary alicyclic amines) is 1. The van der Waals surface area contributed by atoms with E-state index in [0.717, 1.165) is 50.7 Å². The molecule has 0 bridgehead atoms. The van der Waals surface area contributed by atoms with E-state index in [4.69, 9.17) is 4.74 Å². The van der Waals surface area contributed by atoms with E-state index in [1.807, 2.05) is 32.2 Å². The number of hydrogen-bond donors (Lipinski definition) is 1. The number of nitrogens with zero attached hydrogens (tertiary/aromatic N) is 4. The smallest absolute Gasteiger partial charge is 0.244 e. The van der Waals surface area contributed by atoms with Crippen molar-refractivity contribution in [3.63, 3.8) is 0 Å². The van der Waals surface area contributed by atoms with Crippen LogP contribution in [-0.4, -0.2) is 80.1 Å². The first-order valence-electron chi connectivity index (χ1n) is 9.30. The number of nitrogens with one attached hydrogen (secondary N) is 1. The molecule has 1 unspecified atom stereocenters. The Bertz CT molecular complexity index is 579. The molecule has 0 saturated carbocycles. The second kappa shape index (κ2) is 10.8. The fourth-order valence-corrected chi connectivity index (χ4v) is 3.04. The molecule has 2 rings (SSSR count). The van der Waals surface area contributed by atoms with Crippen LogP contribution < -0.4 is 5.32 Å². The Balaban J connectivity index is 1.84. The average molecular weight is 361 g/mol. The number of ether oxygens (including phenoxy) is 1. The van der Waals surface area contributed by atoms with Gasteiger partial charge in [-0.3, -0.25) is 9.78 Å². The molecule has 0 radical (unpaired) electrons. The highest BCUT2D eigenvalue weighted by Crippen LogP contribution is 2.16. The molecule has 1 saturated heterocycles. The number of aliphatic imine (C=N–C) groups is 1. The van der Waals surface area contributed by atoms with Crippen molar-refractivity contribution in [2.45, 2.75) is 19.8 Å². The standard InChI is InChI=1S/C19H31N5O2/c1-4-20-19(24-12-8-16(14-24)15-26-3)22-13-18(25)23(2)11-9-17-7-5-6-10-21-17/h5-7,10,16H,4,8-9,11-15H2,1-3H3,(H,20,22). The van der Waals surface area contributed by atoms with Crippen molar-refractivity contribution in [2.75, 3.05) is 53.5 Å². The van der Waals surface area contributed by atoms with Crippen LogP contribution in [0.25, 0.3) is 0 Å². The summed E-state index contributed by atoms with van der Waals surface area (Å²) in [6.07, 6.45) is 3.62. The minimum Gasteiger partial charge on any atom is -0.384 e. The second-order valence-corrected chi connectivity index (χ2v) is 6.61. The van der Waals surface area contributed by atoms with Crippen molar-refractivity contribution in [1.29, 1.82) is 0 Å². The lowest BCUT2D eigenvalue weighted by atomic mass is 10.1. The van der Waals surface area contributed by atoms with Gasteiger partial charge in [0, 0.05) is 64.6 Å². The Morgan fingerprint density at radius 1 is 1.50 bits per heavy atom. The summed E-state index contributed by atoms with van der Waals surface area (Å²) in [6.45, 7) is 6.26. The number of likely N-dealkylation sites (N-methyl/N-ethyl adjacent to an activating group) is 1. The second-order valence-electron chi connectivity index (χ2n) is 6.61. The summed E-state index contributed by atoms with van der Waals surface area (Å²) in [7, 11) is 3.56. The molecule has 1 atom stereocenters. The zero-order valence-electron chi connectivity index (χ0n) is 16.1. The fraction of sp³-hybridized carbons (Fsp3) is 0.632. The van der Waals surface area contributed by atoms with Crippen LogP contribution in [0.5, 0.6) is 0 Å². The lowest BCUT2D eigenvalue weighted by molar-refractivity contribution is -0.128. The summed E-state index contributed by atoms with van der Waals surface area (Å²) in [5.41, 5.74) is 0.991.